The highest BCUT2D eigenvalue weighted by Crippen LogP contribution is 2.21. The van der Waals surface area contributed by atoms with Gasteiger partial charge in [-0.25, -0.2) is 13.8 Å². The van der Waals surface area contributed by atoms with Crippen molar-refractivity contribution in [3.8, 4) is 5.75 Å². The predicted octanol–water partition coefficient (Wildman–Crippen LogP) is 1.92. The molecule has 7 nitrogen and oxygen atoms in total. The zero-order chi connectivity index (χ0) is 19.2. The van der Waals surface area contributed by atoms with Crippen molar-refractivity contribution < 1.29 is 17.9 Å². The van der Waals surface area contributed by atoms with Gasteiger partial charge in [0.1, 0.15) is 12.3 Å². The van der Waals surface area contributed by atoms with Crippen LogP contribution in [0, 0.1) is 6.92 Å². The van der Waals surface area contributed by atoms with E-state index >= 15 is 0 Å². The normalized spacial score (nSPS) is 11.3. The molecule has 1 N–H and O–H groups in total. The smallest absolute Gasteiger partial charge is 0.260 e. The van der Waals surface area contributed by atoms with E-state index in [4.69, 9.17) is 4.74 Å². The van der Waals surface area contributed by atoms with Gasteiger partial charge in [-0.1, -0.05) is 18.2 Å². The lowest BCUT2D eigenvalue weighted by Gasteiger charge is -2.23. The van der Waals surface area contributed by atoms with Gasteiger partial charge < -0.3 is 4.74 Å². The second kappa shape index (κ2) is 8.48. The molecule has 8 heteroatoms. The molecule has 0 unspecified atom stereocenters. The van der Waals surface area contributed by atoms with Crippen molar-refractivity contribution in [2.75, 3.05) is 24.2 Å². The molecule has 0 aliphatic carbocycles. The van der Waals surface area contributed by atoms with Crippen LogP contribution in [0.4, 0.5) is 5.69 Å². The number of hydrazone groups is 1. The molecule has 0 saturated carbocycles. The maximum atomic E-state index is 12.1. The minimum absolute atomic E-state index is 0.358. The number of anilines is 1. The van der Waals surface area contributed by atoms with Gasteiger partial charge >= 0.3 is 0 Å². The van der Waals surface area contributed by atoms with Crippen molar-refractivity contribution in [1.29, 1.82) is 0 Å². The first-order valence-electron chi connectivity index (χ1n) is 7.80. The number of para-hydroxylation sites is 1. The number of carbonyl (C=O) groups excluding carboxylic acids is 1. The summed E-state index contributed by atoms with van der Waals surface area (Å²) in [5.74, 6) is 0.177. The van der Waals surface area contributed by atoms with Gasteiger partial charge in [-0.05, 0) is 48.4 Å². The number of sulfonamides is 1. The molecular weight excluding hydrogens is 354 g/mol. The van der Waals surface area contributed by atoms with Gasteiger partial charge in [0.05, 0.1) is 25.3 Å². The average Bonchev–Trinajstić information content (AvgIpc) is 2.60. The molecule has 0 spiro atoms. The van der Waals surface area contributed by atoms with Crippen LogP contribution in [0.25, 0.3) is 0 Å². The van der Waals surface area contributed by atoms with Crippen LogP contribution >= 0.6 is 0 Å². The zero-order valence-corrected chi connectivity index (χ0v) is 15.7. The lowest BCUT2D eigenvalue weighted by Crippen LogP contribution is -2.39. The monoisotopic (exact) mass is 375 g/mol. The molecule has 2 aromatic carbocycles. The molecule has 26 heavy (non-hydrogen) atoms. The van der Waals surface area contributed by atoms with Gasteiger partial charge in [0.2, 0.25) is 10.0 Å². The second-order valence-corrected chi connectivity index (χ2v) is 7.53. The number of hydrogen-bond acceptors (Lipinski definition) is 5. The van der Waals surface area contributed by atoms with Gasteiger partial charge in [0.15, 0.2) is 0 Å². The molecule has 0 fully saturated rings. The van der Waals surface area contributed by atoms with Crippen LogP contribution in [0.5, 0.6) is 5.75 Å². The zero-order valence-electron chi connectivity index (χ0n) is 14.8. The molecule has 0 aliphatic heterocycles. The maximum Gasteiger partial charge on any atom is 0.260 e. The minimum Gasteiger partial charge on any atom is -0.497 e. The summed E-state index contributed by atoms with van der Waals surface area (Å²) in [6.45, 7) is 1.43. The molecule has 0 bridgehead atoms. The minimum atomic E-state index is -3.61. The van der Waals surface area contributed by atoms with Crippen LogP contribution in [0.1, 0.15) is 11.1 Å². The molecule has 0 heterocycles. The first-order valence-corrected chi connectivity index (χ1v) is 9.65. The van der Waals surface area contributed by atoms with Gasteiger partial charge in [0.25, 0.3) is 5.91 Å². The van der Waals surface area contributed by atoms with E-state index in [-0.39, 0.29) is 6.54 Å². The Kier molecular flexibility index (Phi) is 6.35. The van der Waals surface area contributed by atoms with E-state index in [1.165, 1.54) is 6.21 Å². The number of carbonyl (C=O) groups is 1. The Balaban J connectivity index is 2.05. The van der Waals surface area contributed by atoms with E-state index in [0.717, 1.165) is 21.7 Å². The Hall–Kier alpha value is -2.87. The molecule has 0 atom stereocenters. The SMILES string of the molecule is COc1ccc(/C=N\NC(=O)CN(c2ccccc2C)S(C)(=O)=O)cc1. The third-order valence-electron chi connectivity index (χ3n) is 3.59. The van der Waals surface area contributed by atoms with Crippen LogP contribution in [0.15, 0.2) is 53.6 Å². The molecule has 0 aliphatic rings. The van der Waals surface area contributed by atoms with Crippen molar-refractivity contribution in [3.63, 3.8) is 0 Å². The highest BCUT2D eigenvalue weighted by atomic mass is 32.2. The highest BCUT2D eigenvalue weighted by Gasteiger charge is 2.21. The Morgan fingerprint density at radius 2 is 1.85 bits per heavy atom. The average molecular weight is 375 g/mol. The Bertz CT molecular complexity index is 893. The summed E-state index contributed by atoms with van der Waals surface area (Å²) >= 11 is 0. The third-order valence-corrected chi connectivity index (χ3v) is 4.72. The second-order valence-electron chi connectivity index (χ2n) is 5.62. The molecule has 2 rings (SSSR count). The molecule has 1 amide bonds. The van der Waals surface area contributed by atoms with Crippen LogP contribution in [0.3, 0.4) is 0 Å². The molecule has 0 saturated heterocycles. The van der Waals surface area contributed by atoms with Gasteiger partial charge in [0, 0.05) is 0 Å². The maximum absolute atomic E-state index is 12.1. The number of methoxy groups -OCH3 is 1. The van der Waals surface area contributed by atoms with E-state index in [1.807, 2.05) is 0 Å². The van der Waals surface area contributed by atoms with E-state index in [9.17, 15) is 13.2 Å². The van der Waals surface area contributed by atoms with Crippen LogP contribution in [-0.2, 0) is 14.8 Å². The Morgan fingerprint density at radius 3 is 2.42 bits per heavy atom. The number of amides is 1. The number of benzene rings is 2. The summed E-state index contributed by atoms with van der Waals surface area (Å²) in [6, 6.07) is 14.1. The van der Waals surface area contributed by atoms with Crippen molar-refractivity contribution in [3.05, 3.63) is 59.7 Å². The van der Waals surface area contributed by atoms with Crippen molar-refractivity contribution in [2.24, 2.45) is 5.10 Å². The number of nitrogens with one attached hydrogen (secondary N) is 1. The third kappa shape index (κ3) is 5.32. The first kappa shape index (κ1) is 19.5. The number of hydrogen-bond donors (Lipinski definition) is 1. The number of rotatable bonds is 7. The van der Waals surface area contributed by atoms with Crippen molar-refractivity contribution >= 4 is 27.8 Å². The van der Waals surface area contributed by atoms with Gasteiger partial charge in [-0.3, -0.25) is 9.10 Å². The lowest BCUT2D eigenvalue weighted by atomic mass is 10.2. The Morgan fingerprint density at radius 1 is 1.19 bits per heavy atom. The quantitative estimate of drug-likeness (QED) is 0.592. The van der Waals surface area contributed by atoms with Crippen LogP contribution in [-0.4, -0.2) is 40.4 Å². The number of nitrogens with zero attached hydrogens (tertiary/aromatic N) is 2. The highest BCUT2D eigenvalue weighted by molar-refractivity contribution is 7.92. The summed E-state index contributed by atoms with van der Waals surface area (Å²) in [5.41, 5.74) is 4.33. The Labute approximate surface area is 153 Å². The van der Waals surface area contributed by atoms with E-state index < -0.39 is 15.9 Å². The van der Waals surface area contributed by atoms with E-state index in [0.29, 0.717) is 11.4 Å². The number of ether oxygens (including phenoxy) is 1. The molecule has 0 radical (unpaired) electrons. The van der Waals surface area contributed by atoms with Crippen molar-refractivity contribution in [1.82, 2.24) is 5.43 Å². The summed E-state index contributed by atoms with van der Waals surface area (Å²) in [6.07, 6.45) is 2.53. The fraction of sp³-hybridized carbons (Fsp3) is 0.222. The fourth-order valence-corrected chi connectivity index (χ4v) is 3.17. The van der Waals surface area contributed by atoms with Gasteiger partial charge in [-0.15, -0.1) is 0 Å². The van der Waals surface area contributed by atoms with Crippen LogP contribution < -0.4 is 14.5 Å². The number of aryl methyl sites for hydroxylation is 1. The standard InChI is InChI=1S/C18H21N3O4S/c1-14-6-4-5-7-17(14)21(26(3,23)24)13-18(22)20-19-12-15-8-10-16(25-2)11-9-15/h4-12H,13H2,1-3H3,(H,20,22)/b19-12-. The van der Waals surface area contributed by atoms with E-state index in [1.54, 1.807) is 62.6 Å². The topological polar surface area (TPSA) is 88.1 Å². The summed E-state index contributed by atoms with van der Waals surface area (Å²) in [5, 5.41) is 3.86. The lowest BCUT2D eigenvalue weighted by molar-refractivity contribution is -0.119. The van der Waals surface area contributed by atoms with Crippen LogP contribution in [0.2, 0.25) is 0 Å². The summed E-state index contributed by atoms with van der Waals surface area (Å²) in [7, 11) is -2.04. The van der Waals surface area contributed by atoms with Gasteiger partial charge in [-0.2, -0.15) is 5.10 Å². The van der Waals surface area contributed by atoms with Crippen molar-refractivity contribution in [2.45, 2.75) is 6.92 Å². The largest absolute Gasteiger partial charge is 0.497 e. The fourth-order valence-electron chi connectivity index (χ4n) is 2.26. The molecule has 0 aromatic heterocycles. The predicted molar refractivity (Wildman–Crippen MR) is 102 cm³/mol. The molecular formula is C18H21N3O4S. The van der Waals surface area contributed by atoms with E-state index in [2.05, 4.69) is 10.5 Å². The summed E-state index contributed by atoms with van der Waals surface area (Å²) < 4.78 is 30.3. The summed E-state index contributed by atoms with van der Waals surface area (Å²) in [4.78, 5) is 12.1. The first-order chi connectivity index (χ1) is 12.3. The molecule has 2 aromatic rings. The molecule has 138 valence electrons.